The Morgan fingerprint density at radius 1 is 1.22 bits per heavy atom. The number of hydrogen-bond donors (Lipinski definition) is 0. The summed E-state index contributed by atoms with van der Waals surface area (Å²) in [6.07, 6.45) is 6.11. The summed E-state index contributed by atoms with van der Waals surface area (Å²) in [6.45, 7) is 3.51. The zero-order valence-electron chi connectivity index (χ0n) is 15.5. The first-order valence-electron chi connectivity index (χ1n) is 9.16. The van der Waals surface area contributed by atoms with Crippen molar-refractivity contribution in [2.75, 3.05) is 33.4 Å². The minimum absolute atomic E-state index is 0.152. The SMILES string of the molecule is CN1CN(Cc2ccccc2)C(=O)C2=C1CCN(CC#Cn1ccnc1)C2. The second kappa shape index (κ2) is 7.68. The molecule has 0 saturated carbocycles. The first-order chi connectivity index (χ1) is 13.2. The van der Waals surface area contributed by atoms with Crippen molar-refractivity contribution in [3.63, 3.8) is 0 Å². The molecule has 6 heteroatoms. The molecule has 138 valence electrons. The van der Waals surface area contributed by atoms with Gasteiger partial charge in [0, 0.05) is 57.2 Å². The Labute approximate surface area is 159 Å². The molecule has 2 aliphatic heterocycles. The molecule has 0 unspecified atom stereocenters. The molecule has 2 aliphatic rings. The topological polar surface area (TPSA) is 44.6 Å². The number of amides is 1. The van der Waals surface area contributed by atoms with Crippen LogP contribution in [-0.4, -0.2) is 63.5 Å². The van der Waals surface area contributed by atoms with Gasteiger partial charge in [-0.05, 0) is 5.56 Å². The van der Waals surface area contributed by atoms with Gasteiger partial charge in [0.2, 0.25) is 0 Å². The number of hydrogen-bond acceptors (Lipinski definition) is 4. The fraction of sp³-hybridized carbons (Fsp3) is 0.333. The number of imidazole rings is 1. The van der Waals surface area contributed by atoms with E-state index in [0.29, 0.717) is 26.3 Å². The highest BCUT2D eigenvalue weighted by Gasteiger charge is 2.33. The summed E-state index contributed by atoms with van der Waals surface area (Å²) in [5.74, 6) is 3.32. The third kappa shape index (κ3) is 3.88. The van der Waals surface area contributed by atoms with Crippen LogP contribution in [0.4, 0.5) is 0 Å². The van der Waals surface area contributed by atoms with E-state index in [1.165, 1.54) is 5.70 Å². The van der Waals surface area contributed by atoms with Crippen LogP contribution in [0.15, 0.2) is 60.3 Å². The number of aromatic nitrogens is 2. The Bertz CT molecular complexity index is 892. The lowest BCUT2D eigenvalue weighted by Gasteiger charge is -2.42. The van der Waals surface area contributed by atoms with Gasteiger partial charge in [0.25, 0.3) is 5.91 Å². The normalized spacial score (nSPS) is 17.6. The molecule has 4 rings (SSSR count). The van der Waals surface area contributed by atoms with E-state index in [1.54, 1.807) is 17.1 Å². The molecule has 0 atom stereocenters. The highest BCUT2D eigenvalue weighted by atomic mass is 16.2. The van der Waals surface area contributed by atoms with Gasteiger partial charge in [0.1, 0.15) is 6.33 Å². The molecular formula is C21H23N5O. The molecular weight excluding hydrogens is 338 g/mol. The number of carbonyl (C=O) groups excluding carboxylic acids is 1. The summed E-state index contributed by atoms with van der Waals surface area (Å²) in [7, 11) is 2.08. The summed E-state index contributed by atoms with van der Waals surface area (Å²) in [5.41, 5.74) is 3.25. The molecule has 2 aromatic rings. The smallest absolute Gasteiger partial charge is 0.254 e. The van der Waals surface area contributed by atoms with Crippen molar-refractivity contribution in [2.24, 2.45) is 0 Å². The average molecular weight is 361 g/mol. The van der Waals surface area contributed by atoms with Crippen LogP contribution in [0.25, 0.3) is 0 Å². The minimum Gasteiger partial charge on any atom is -0.360 e. The summed E-state index contributed by atoms with van der Waals surface area (Å²) >= 11 is 0. The van der Waals surface area contributed by atoms with E-state index in [4.69, 9.17) is 0 Å². The van der Waals surface area contributed by atoms with Crippen molar-refractivity contribution in [1.82, 2.24) is 24.3 Å². The summed E-state index contributed by atoms with van der Waals surface area (Å²) in [5, 5.41) is 0. The molecule has 3 heterocycles. The van der Waals surface area contributed by atoms with Crippen molar-refractivity contribution < 1.29 is 4.79 Å². The van der Waals surface area contributed by atoms with Crippen molar-refractivity contribution >= 4 is 5.91 Å². The second-order valence-electron chi connectivity index (χ2n) is 6.97. The summed E-state index contributed by atoms with van der Waals surface area (Å²) in [4.78, 5) is 23.4. The van der Waals surface area contributed by atoms with Crippen molar-refractivity contribution in [2.45, 2.75) is 13.0 Å². The Balaban J connectivity index is 1.45. The molecule has 0 spiro atoms. The van der Waals surface area contributed by atoms with E-state index >= 15 is 0 Å². The minimum atomic E-state index is 0.152. The fourth-order valence-electron chi connectivity index (χ4n) is 3.64. The Morgan fingerprint density at radius 2 is 2.07 bits per heavy atom. The van der Waals surface area contributed by atoms with E-state index in [9.17, 15) is 4.79 Å². The van der Waals surface area contributed by atoms with Gasteiger partial charge in [-0.2, -0.15) is 0 Å². The zero-order valence-corrected chi connectivity index (χ0v) is 15.5. The highest BCUT2D eigenvalue weighted by Crippen LogP contribution is 2.27. The van der Waals surface area contributed by atoms with E-state index < -0.39 is 0 Å². The maximum Gasteiger partial charge on any atom is 0.254 e. The van der Waals surface area contributed by atoms with Gasteiger partial charge >= 0.3 is 0 Å². The van der Waals surface area contributed by atoms with Crippen LogP contribution in [0.3, 0.4) is 0 Å². The zero-order chi connectivity index (χ0) is 18.6. The second-order valence-corrected chi connectivity index (χ2v) is 6.97. The number of carbonyl (C=O) groups is 1. The third-order valence-corrected chi connectivity index (χ3v) is 5.02. The van der Waals surface area contributed by atoms with Crippen LogP contribution in [0.2, 0.25) is 0 Å². The van der Waals surface area contributed by atoms with Gasteiger partial charge in [-0.15, -0.1) is 0 Å². The molecule has 27 heavy (non-hydrogen) atoms. The first kappa shape index (κ1) is 17.4. The first-order valence-corrected chi connectivity index (χ1v) is 9.16. The molecule has 0 radical (unpaired) electrons. The molecule has 0 bridgehead atoms. The van der Waals surface area contributed by atoms with Gasteiger partial charge < -0.3 is 9.80 Å². The monoisotopic (exact) mass is 361 g/mol. The lowest BCUT2D eigenvalue weighted by atomic mass is 10.0. The molecule has 1 amide bonds. The fourth-order valence-corrected chi connectivity index (χ4v) is 3.64. The van der Waals surface area contributed by atoms with Gasteiger partial charge in [0.15, 0.2) is 0 Å². The molecule has 1 aromatic carbocycles. The van der Waals surface area contributed by atoms with Gasteiger partial charge in [0.05, 0.1) is 18.8 Å². The number of rotatable bonds is 3. The van der Waals surface area contributed by atoms with Crippen molar-refractivity contribution in [3.8, 4) is 12.0 Å². The Morgan fingerprint density at radius 3 is 2.85 bits per heavy atom. The van der Waals surface area contributed by atoms with E-state index in [2.05, 4.69) is 45.9 Å². The molecule has 0 saturated heterocycles. The van der Waals surface area contributed by atoms with E-state index in [0.717, 1.165) is 24.1 Å². The quantitative estimate of drug-likeness (QED) is 0.779. The van der Waals surface area contributed by atoms with Crippen LogP contribution in [0.5, 0.6) is 0 Å². The molecule has 0 N–H and O–H groups in total. The Kier molecular flexibility index (Phi) is 4.95. The standard InChI is InChI=1S/C21H23N5O/c1-23-17-26(14-18-6-3-2-4-7-18)21(27)19-15-24(12-8-20(19)23)10-5-11-25-13-9-22-16-25/h2-4,6-7,9,13,16H,8,10,12,14-15,17H2,1H3. The summed E-state index contributed by atoms with van der Waals surface area (Å²) < 4.78 is 1.75. The maximum atomic E-state index is 13.1. The lowest BCUT2D eigenvalue weighted by Crippen LogP contribution is -2.50. The molecule has 0 aliphatic carbocycles. The van der Waals surface area contributed by atoms with Crippen molar-refractivity contribution in [3.05, 3.63) is 65.9 Å². The predicted octanol–water partition coefficient (Wildman–Crippen LogP) is 1.58. The van der Waals surface area contributed by atoms with Crippen LogP contribution in [-0.2, 0) is 11.3 Å². The predicted molar refractivity (Wildman–Crippen MR) is 103 cm³/mol. The van der Waals surface area contributed by atoms with Gasteiger partial charge in [-0.3, -0.25) is 14.3 Å². The van der Waals surface area contributed by atoms with Crippen LogP contribution in [0, 0.1) is 12.0 Å². The van der Waals surface area contributed by atoms with Gasteiger partial charge in [-0.1, -0.05) is 36.3 Å². The largest absolute Gasteiger partial charge is 0.360 e. The number of nitrogens with zero attached hydrogens (tertiary/aromatic N) is 5. The van der Waals surface area contributed by atoms with Crippen LogP contribution >= 0.6 is 0 Å². The van der Waals surface area contributed by atoms with Crippen LogP contribution < -0.4 is 0 Å². The highest BCUT2D eigenvalue weighted by molar-refractivity contribution is 5.95. The van der Waals surface area contributed by atoms with Crippen molar-refractivity contribution in [1.29, 1.82) is 0 Å². The average Bonchev–Trinajstić information content (AvgIpc) is 3.20. The maximum absolute atomic E-state index is 13.1. The van der Waals surface area contributed by atoms with E-state index in [-0.39, 0.29) is 5.91 Å². The van der Waals surface area contributed by atoms with Crippen LogP contribution in [0.1, 0.15) is 12.0 Å². The lowest BCUT2D eigenvalue weighted by molar-refractivity contribution is -0.131. The molecule has 6 nitrogen and oxygen atoms in total. The van der Waals surface area contributed by atoms with E-state index in [1.807, 2.05) is 29.3 Å². The molecule has 1 aromatic heterocycles. The Hall–Kier alpha value is -3.04. The summed E-state index contributed by atoms with van der Waals surface area (Å²) in [6, 6.07) is 13.2. The van der Waals surface area contributed by atoms with Gasteiger partial charge in [-0.25, -0.2) is 4.98 Å². The number of benzene rings is 1. The molecule has 0 fully saturated rings. The third-order valence-electron chi connectivity index (χ3n) is 5.02.